The zero-order chi connectivity index (χ0) is 16.2. The van der Waals surface area contributed by atoms with E-state index in [0.29, 0.717) is 31.7 Å². The molecule has 0 aromatic heterocycles. The predicted molar refractivity (Wildman–Crippen MR) is 72.8 cm³/mol. The van der Waals surface area contributed by atoms with Crippen LogP contribution in [0.25, 0.3) is 0 Å². The molecule has 1 saturated heterocycles. The molecule has 1 heterocycles. The molecule has 5 nitrogen and oxygen atoms in total. The summed E-state index contributed by atoms with van der Waals surface area (Å²) in [5.74, 6) is -0.523. The molecule has 2 rings (SSSR count). The van der Waals surface area contributed by atoms with Gasteiger partial charge in [-0.2, -0.15) is 0 Å². The van der Waals surface area contributed by atoms with Crippen LogP contribution in [0.1, 0.15) is 5.56 Å². The highest BCUT2D eigenvalue weighted by molar-refractivity contribution is 6.32. The van der Waals surface area contributed by atoms with E-state index in [-0.39, 0.29) is 11.6 Å². The molecule has 0 saturated carbocycles. The highest BCUT2D eigenvalue weighted by Gasteiger charge is 2.32. The molecule has 1 aromatic carbocycles. The zero-order valence-electron chi connectivity index (χ0n) is 11.5. The van der Waals surface area contributed by atoms with Crippen LogP contribution < -0.4 is 10.1 Å². The van der Waals surface area contributed by atoms with Gasteiger partial charge in [-0.25, -0.2) is 4.79 Å². The van der Waals surface area contributed by atoms with Crippen molar-refractivity contribution >= 4 is 17.7 Å². The fourth-order valence-corrected chi connectivity index (χ4v) is 2.08. The molecule has 0 spiro atoms. The third-order valence-electron chi connectivity index (χ3n) is 2.96. The van der Waals surface area contributed by atoms with Crippen molar-refractivity contribution in [1.82, 2.24) is 10.2 Å². The summed E-state index contributed by atoms with van der Waals surface area (Å²) >= 11 is 5.64. The topological polar surface area (TPSA) is 50.8 Å². The summed E-state index contributed by atoms with van der Waals surface area (Å²) in [4.78, 5) is 13.3. The standard InChI is InChI=1S/C13H14ClF3N2O3/c14-10-2-1-9(7-11(10)22-13(15,16)17)8-21-12(20)19-5-3-18-4-6-19/h1-2,7,18H,3-6,8H2. The van der Waals surface area contributed by atoms with Crippen LogP contribution in [0, 0.1) is 0 Å². The number of alkyl halides is 3. The Balaban J connectivity index is 1.95. The van der Waals surface area contributed by atoms with E-state index >= 15 is 0 Å². The summed E-state index contributed by atoms with van der Waals surface area (Å²) in [6.45, 7) is 2.26. The number of nitrogens with zero attached hydrogens (tertiary/aromatic N) is 1. The number of rotatable bonds is 3. The highest BCUT2D eigenvalue weighted by Crippen LogP contribution is 2.31. The molecule has 1 amide bonds. The number of hydrogen-bond donors (Lipinski definition) is 1. The van der Waals surface area contributed by atoms with Gasteiger partial charge in [-0.05, 0) is 17.7 Å². The van der Waals surface area contributed by atoms with Gasteiger partial charge >= 0.3 is 12.5 Å². The van der Waals surface area contributed by atoms with Crippen molar-refractivity contribution in [1.29, 1.82) is 0 Å². The Morgan fingerprint density at radius 1 is 1.32 bits per heavy atom. The van der Waals surface area contributed by atoms with Crippen molar-refractivity contribution in [2.45, 2.75) is 13.0 Å². The van der Waals surface area contributed by atoms with Gasteiger partial charge in [-0.1, -0.05) is 17.7 Å². The number of benzene rings is 1. The third kappa shape index (κ3) is 4.96. The summed E-state index contributed by atoms with van der Waals surface area (Å²) in [5, 5.41) is 2.92. The predicted octanol–water partition coefficient (Wildman–Crippen LogP) is 2.78. The second-order valence-electron chi connectivity index (χ2n) is 4.60. The summed E-state index contributed by atoms with van der Waals surface area (Å²) < 4.78 is 45.6. The highest BCUT2D eigenvalue weighted by atomic mass is 35.5. The number of nitrogens with one attached hydrogen (secondary N) is 1. The quantitative estimate of drug-likeness (QED) is 0.920. The van der Waals surface area contributed by atoms with Crippen LogP contribution in [0.15, 0.2) is 18.2 Å². The third-order valence-corrected chi connectivity index (χ3v) is 3.27. The van der Waals surface area contributed by atoms with Gasteiger partial charge < -0.3 is 19.7 Å². The van der Waals surface area contributed by atoms with E-state index in [2.05, 4.69) is 10.1 Å². The number of carbonyl (C=O) groups is 1. The van der Waals surface area contributed by atoms with Gasteiger partial charge in [0.15, 0.2) is 0 Å². The number of piperazine rings is 1. The van der Waals surface area contributed by atoms with Gasteiger partial charge in [-0.15, -0.1) is 13.2 Å². The normalized spacial score (nSPS) is 15.5. The molecule has 1 N–H and O–H groups in total. The van der Waals surface area contributed by atoms with Crippen LogP contribution >= 0.6 is 11.6 Å². The van der Waals surface area contributed by atoms with Crippen LogP contribution in [-0.2, 0) is 11.3 Å². The lowest BCUT2D eigenvalue weighted by molar-refractivity contribution is -0.274. The van der Waals surface area contributed by atoms with Crippen LogP contribution in [0.3, 0.4) is 0 Å². The van der Waals surface area contributed by atoms with Crippen molar-refractivity contribution < 1.29 is 27.4 Å². The minimum atomic E-state index is -4.83. The summed E-state index contributed by atoms with van der Waals surface area (Å²) in [6.07, 6.45) is -5.34. The maximum atomic E-state index is 12.2. The van der Waals surface area contributed by atoms with E-state index in [9.17, 15) is 18.0 Å². The lowest BCUT2D eigenvalue weighted by Crippen LogP contribution is -2.46. The van der Waals surface area contributed by atoms with Crippen molar-refractivity contribution in [2.75, 3.05) is 26.2 Å². The van der Waals surface area contributed by atoms with Gasteiger partial charge in [0.25, 0.3) is 0 Å². The van der Waals surface area contributed by atoms with Crippen molar-refractivity contribution in [3.63, 3.8) is 0 Å². The van der Waals surface area contributed by atoms with E-state index in [0.717, 1.165) is 6.07 Å². The Morgan fingerprint density at radius 3 is 2.64 bits per heavy atom. The molecule has 1 aliphatic heterocycles. The van der Waals surface area contributed by atoms with E-state index < -0.39 is 18.2 Å². The van der Waals surface area contributed by atoms with E-state index in [1.54, 1.807) is 0 Å². The number of amides is 1. The van der Waals surface area contributed by atoms with Gasteiger partial charge in [0.2, 0.25) is 0 Å². The zero-order valence-corrected chi connectivity index (χ0v) is 12.2. The Morgan fingerprint density at radius 2 is 2.00 bits per heavy atom. The van der Waals surface area contributed by atoms with Crippen molar-refractivity contribution in [3.05, 3.63) is 28.8 Å². The van der Waals surface area contributed by atoms with Crippen LogP contribution in [0.2, 0.25) is 5.02 Å². The van der Waals surface area contributed by atoms with Crippen LogP contribution in [0.4, 0.5) is 18.0 Å². The molecular weight excluding hydrogens is 325 g/mol. The van der Waals surface area contributed by atoms with Gasteiger partial charge in [0.1, 0.15) is 12.4 Å². The lowest BCUT2D eigenvalue weighted by atomic mass is 10.2. The van der Waals surface area contributed by atoms with E-state index in [1.807, 2.05) is 0 Å². The Labute approximate surface area is 129 Å². The minimum Gasteiger partial charge on any atom is -0.445 e. The first kappa shape index (κ1) is 16.7. The summed E-state index contributed by atoms with van der Waals surface area (Å²) in [6, 6.07) is 3.83. The second kappa shape index (κ2) is 7.06. The lowest BCUT2D eigenvalue weighted by Gasteiger charge is -2.26. The summed E-state index contributed by atoms with van der Waals surface area (Å²) in [7, 11) is 0. The van der Waals surface area contributed by atoms with Gasteiger partial charge in [0, 0.05) is 26.2 Å². The number of carbonyl (C=O) groups excluding carboxylic acids is 1. The molecule has 0 unspecified atom stereocenters. The van der Waals surface area contributed by atoms with Crippen LogP contribution in [-0.4, -0.2) is 43.5 Å². The van der Waals surface area contributed by atoms with Gasteiger partial charge in [0.05, 0.1) is 5.02 Å². The minimum absolute atomic E-state index is 0.159. The number of hydrogen-bond acceptors (Lipinski definition) is 4. The second-order valence-corrected chi connectivity index (χ2v) is 5.01. The molecule has 0 bridgehead atoms. The molecule has 1 aromatic rings. The van der Waals surface area contributed by atoms with Crippen LogP contribution in [0.5, 0.6) is 5.75 Å². The average Bonchev–Trinajstić information content (AvgIpc) is 2.47. The largest absolute Gasteiger partial charge is 0.573 e. The molecule has 0 aliphatic carbocycles. The molecular formula is C13H14ClF3N2O3. The molecule has 122 valence electrons. The maximum Gasteiger partial charge on any atom is 0.573 e. The molecule has 22 heavy (non-hydrogen) atoms. The Kier molecular flexibility index (Phi) is 5.36. The number of ether oxygens (including phenoxy) is 2. The van der Waals surface area contributed by atoms with Crippen molar-refractivity contribution in [2.24, 2.45) is 0 Å². The molecule has 0 atom stereocenters. The fourth-order valence-electron chi connectivity index (χ4n) is 1.92. The molecule has 9 heteroatoms. The molecule has 0 radical (unpaired) electrons. The van der Waals surface area contributed by atoms with Crippen molar-refractivity contribution in [3.8, 4) is 5.75 Å². The Hall–Kier alpha value is -1.67. The molecule has 1 aliphatic rings. The monoisotopic (exact) mass is 338 g/mol. The van der Waals surface area contributed by atoms with E-state index in [4.69, 9.17) is 16.3 Å². The first-order valence-corrected chi connectivity index (χ1v) is 6.89. The Bertz CT molecular complexity index is 534. The fraction of sp³-hybridized carbons (Fsp3) is 0.462. The maximum absolute atomic E-state index is 12.2. The first-order valence-electron chi connectivity index (χ1n) is 6.52. The molecule has 1 fully saturated rings. The summed E-state index contributed by atoms with van der Waals surface area (Å²) in [5.41, 5.74) is 0.354. The number of halogens is 4. The van der Waals surface area contributed by atoms with E-state index in [1.165, 1.54) is 17.0 Å². The SMILES string of the molecule is O=C(OCc1ccc(Cl)c(OC(F)(F)F)c1)N1CCNCC1. The average molecular weight is 339 g/mol. The van der Waals surface area contributed by atoms with Gasteiger partial charge in [-0.3, -0.25) is 0 Å². The first-order chi connectivity index (χ1) is 10.3. The smallest absolute Gasteiger partial charge is 0.445 e.